The molecule has 9 nitrogen and oxygen atoms in total. The van der Waals surface area contributed by atoms with Gasteiger partial charge >= 0.3 is 10.3 Å². The number of hydrogen-bond donors (Lipinski definition) is 2. The minimum Gasteiger partial charge on any atom is -0.370 e. The highest BCUT2D eigenvalue weighted by Gasteiger charge is 2.19. The van der Waals surface area contributed by atoms with E-state index >= 15 is 0 Å². The molecule has 2 aromatic carbocycles. The van der Waals surface area contributed by atoms with Crippen molar-refractivity contribution in [2.24, 2.45) is 5.14 Å². The molecule has 3 N–H and O–H groups in total. The number of nitro groups is 1. The largest absolute Gasteiger partial charge is 0.380 e. The Kier molecular flexibility index (Phi) is 5.48. The molecule has 0 aliphatic rings. The van der Waals surface area contributed by atoms with E-state index in [0.29, 0.717) is 0 Å². The summed E-state index contributed by atoms with van der Waals surface area (Å²) in [6.07, 6.45) is 0. The third-order valence-corrected chi connectivity index (χ3v) is 3.76. The fourth-order valence-electron chi connectivity index (χ4n) is 1.79. The molecule has 2 aromatic rings. The third-order valence-electron chi connectivity index (χ3n) is 2.80. The summed E-state index contributed by atoms with van der Waals surface area (Å²) in [5.41, 5.74) is -0.418. The molecule has 0 saturated heterocycles. The van der Waals surface area contributed by atoms with E-state index in [4.69, 9.17) is 28.3 Å². The van der Waals surface area contributed by atoms with Crippen molar-refractivity contribution >= 4 is 50.8 Å². The van der Waals surface area contributed by atoms with Gasteiger partial charge < -0.3 is 9.50 Å². The van der Waals surface area contributed by atoms with E-state index in [9.17, 15) is 23.3 Å². The molecular weight excluding hydrogens is 397 g/mol. The van der Waals surface area contributed by atoms with E-state index in [-0.39, 0.29) is 32.7 Å². The van der Waals surface area contributed by atoms with Crippen molar-refractivity contribution in [1.82, 2.24) is 0 Å². The topological polar surface area (TPSA) is 142 Å². The Morgan fingerprint density at radius 2 is 1.88 bits per heavy atom. The molecule has 0 heterocycles. The molecule has 1 amide bonds. The number of carbonyl (C=O) groups excluding carboxylic acids is 1. The SMILES string of the molecule is NS(=O)(=O)Oc1ccc(Cl)cc1C(=O)Nc1ccc([N+](=O)[O-])cc1Cl. The second kappa shape index (κ2) is 7.23. The van der Waals surface area contributed by atoms with Crippen molar-refractivity contribution in [2.75, 3.05) is 5.32 Å². The molecule has 0 fully saturated rings. The van der Waals surface area contributed by atoms with Gasteiger partial charge in [-0.25, -0.2) is 0 Å². The summed E-state index contributed by atoms with van der Waals surface area (Å²) in [6, 6.07) is 7.04. The molecule has 0 spiro atoms. The summed E-state index contributed by atoms with van der Waals surface area (Å²) >= 11 is 11.7. The maximum atomic E-state index is 12.4. The van der Waals surface area contributed by atoms with Crippen LogP contribution in [0, 0.1) is 10.1 Å². The number of anilines is 1. The predicted molar refractivity (Wildman–Crippen MR) is 91.2 cm³/mol. The number of rotatable bonds is 5. The first-order valence-corrected chi connectivity index (χ1v) is 8.56. The van der Waals surface area contributed by atoms with Crippen LogP contribution in [0.2, 0.25) is 10.0 Å². The van der Waals surface area contributed by atoms with E-state index in [1.54, 1.807) is 0 Å². The zero-order valence-electron chi connectivity index (χ0n) is 12.1. The number of benzene rings is 2. The number of carbonyl (C=O) groups is 1. The average Bonchev–Trinajstić information content (AvgIpc) is 2.49. The molecule has 12 heteroatoms. The van der Waals surface area contributed by atoms with Gasteiger partial charge in [-0.3, -0.25) is 14.9 Å². The van der Waals surface area contributed by atoms with Crippen LogP contribution >= 0.6 is 23.2 Å². The van der Waals surface area contributed by atoms with Gasteiger partial charge in [0.1, 0.15) is 0 Å². The molecule has 0 unspecified atom stereocenters. The lowest BCUT2D eigenvalue weighted by molar-refractivity contribution is -0.384. The van der Waals surface area contributed by atoms with Gasteiger partial charge in [-0.2, -0.15) is 13.6 Å². The van der Waals surface area contributed by atoms with Gasteiger partial charge in [-0.1, -0.05) is 23.2 Å². The second-order valence-electron chi connectivity index (χ2n) is 4.59. The van der Waals surface area contributed by atoms with Crippen molar-refractivity contribution in [3.05, 3.63) is 62.1 Å². The number of halogens is 2. The van der Waals surface area contributed by atoms with Crippen LogP contribution in [0.3, 0.4) is 0 Å². The Morgan fingerprint density at radius 3 is 2.44 bits per heavy atom. The van der Waals surface area contributed by atoms with E-state index < -0.39 is 21.1 Å². The van der Waals surface area contributed by atoms with Crippen molar-refractivity contribution in [3.63, 3.8) is 0 Å². The Bertz CT molecular complexity index is 964. The van der Waals surface area contributed by atoms with E-state index in [1.807, 2.05) is 0 Å². The van der Waals surface area contributed by atoms with Crippen molar-refractivity contribution in [1.29, 1.82) is 0 Å². The molecule has 132 valence electrons. The quantitative estimate of drug-likeness (QED) is 0.578. The van der Waals surface area contributed by atoms with E-state index in [2.05, 4.69) is 9.50 Å². The number of nitro benzene ring substituents is 1. The zero-order chi connectivity index (χ0) is 18.8. The number of nitrogens with zero attached hydrogens (tertiary/aromatic N) is 1. The first-order valence-electron chi connectivity index (χ1n) is 6.34. The zero-order valence-corrected chi connectivity index (χ0v) is 14.4. The monoisotopic (exact) mass is 405 g/mol. The van der Waals surface area contributed by atoms with E-state index in [1.165, 1.54) is 12.1 Å². The molecule has 0 saturated carbocycles. The van der Waals surface area contributed by atoms with Gasteiger partial charge in [-0.15, -0.1) is 0 Å². The summed E-state index contributed by atoms with van der Waals surface area (Å²) < 4.78 is 26.7. The third kappa shape index (κ3) is 5.03. The average molecular weight is 406 g/mol. The molecule has 0 radical (unpaired) electrons. The molecule has 0 atom stereocenters. The summed E-state index contributed by atoms with van der Waals surface area (Å²) in [7, 11) is -4.37. The first kappa shape index (κ1) is 18.9. The van der Waals surface area contributed by atoms with Crippen molar-refractivity contribution in [3.8, 4) is 5.75 Å². The molecule has 0 aliphatic carbocycles. The normalized spacial score (nSPS) is 11.0. The maximum absolute atomic E-state index is 12.4. The number of hydrogen-bond acceptors (Lipinski definition) is 6. The van der Waals surface area contributed by atoms with Crippen LogP contribution in [-0.2, 0) is 10.3 Å². The predicted octanol–water partition coefficient (Wildman–Crippen LogP) is 2.74. The van der Waals surface area contributed by atoms with Crippen molar-refractivity contribution in [2.45, 2.75) is 0 Å². The van der Waals surface area contributed by atoms with Gasteiger partial charge in [0.15, 0.2) is 5.75 Å². The van der Waals surface area contributed by atoms with E-state index in [0.717, 1.165) is 24.3 Å². The summed E-state index contributed by atoms with van der Waals surface area (Å²) in [5.74, 6) is -1.15. The molecule has 0 aliphatic heterocycles. The maximum Gasteiger partial charge on any atom is 0.380 e. The van der Waals surface area contributed by atoms with Crippen molar-refractivity contribution < 1.29 is 22.3 Å². The minimum absolute atomic E-state index is 0.0683. The van der Waals surface area contributed by atoms with Gasteiger partial charge in [0.25, 0.3) is 11.6 Å². The number of nitrogens with two attached hydrogens (primary N) is 1. The summed E-state index contributed by atoms with van der Waals surface area (Å²) in [6.45, 7) is 0. The number of non-ortho nitro benzene ring substituents is 1. The minimum atomic E-state index is -4.37. The van der Waals surface area contributed by atoms with Gasteiger partial charge in [0.2, 0.25) is 0 Å². The highest BCUT2D eigenvalue weighted by Crippen LogP contribution is 2.29. The second-order valence-corrected chi connectivity index (χ2v) is 6.59. The van der Waals surface area contributed by atoms with Crippen LogP contribution in [0.5, 0.6) is 5.75 Å². The van der Waals surface area contributed by atoms with Gasteiger partial charge in [0, 0.05) is 17.2 Å². The Hall–Kier alpha value is -2.40. The molecular formula is C13H9Cl2N3O6S. The highest BCUT2D eigenvalue weighted by molar-refractivity contribution is 7.84. The van der Waals surface area contributed by atoms with Crippen LogP contribution in [0.1, 0.15) is 10.4 Å². The van der Waals surface area contributed by atoms with Crippen LogP contribution in [0.4, 0.5) is 11.4 Å². The Morgan fingerprint density at radius 1 is 1.20 bits per heavy atom. The molecule has 0 bridgehead atoms. The molecule has 25 heavy (non-hydrogen) atoms. The lowest BCUT2D eigenvalue weighted by atomic mass is 10.2. The summed E-state index contributed by atoms with van der Waals surface area (Å²) in [4.78, 5) is 22.4. The lowest BCUT2D eigenvalue weighted by Gasteiger charge is -2.11. The Balaban J connectivity index is 2.35. The van der Waals surface area contributed by atoms with Crippen LogP contribution in [-0.4, -0.2) is 19.2 Å². The standard InChI is InChI=1S/C13H9Cl2N3O6S/c14-7-1-4-12(24-25(16,22)23)9(5-7)13(19)17-11-3-2-8(18(20)21)6-10(11)15/h1-6H,(H,17,19)(H2,16,22,23). The van der Waals surface area contributed by atoms with Crippen LogP contribution in [0.15, 0.2) is 36.4 Å². The first-order chi connectivity index (χ1) is 11.6. The Labute approximate surface area is 151 Å². The smallest absolute Gasteiger partial charge is 0.370 e. The number of amides is 1. The lowest BCUT2D eigenvalue weighted by Crippen LogP contribution is -2.21. The summed E-state index contributed by atoms with van der Waals surface area (Å²) in [5, 5.41) is 17.9. The van der Waals surface area contributed by atoms with Crippen LogP contribution in [0.25, 0.3) is 0 Å². The fraction of sp³-hybridized carbons (Fsp3) is 0. The van der Waals surface area contributed by atoms with Gasteiger partial charge in [-0.05, 0) is 24.3 Å². The van der Waals surface area contributed by atoms with Gasteiger partial charge in [0.05, 0.1) is 21.2 Å². The highest BCUT2D eigenvalue weighted by atomic mass is 35.5. The number of nitrogens with one attached hydrogen (secondary N) is 1. The van der Waals surface area contributed by atoms with Crippen LogP contribution < -0.4 is 14.6 Å². The molecule has 0 aromatic heterocycles. The fourth-order valence-corrected chi connectivity index (χ4v) is 2.58. The molecule has 2 rings (SSSR count).